The lowest BCUT2D eigenvalue weighted by molar-refractivity contribution is -0.136. The van der Waals surface area contributed by atoms with Gasteiger partial charge in [-0.1, -0.05) is 29.8 Å². The van der Waals surface area contributed by atoms with E-state index in [-0.39, 0.29) is 0 Å². The van der Waals surface area contributed by atoms with E-state index < -0.39 is 11.8 Å². The highest BCUT2D eigenvalue weighted by Gasteiger charge is 2.14. The number of aromatic nitrogens is 1. The minimum Gasteiger partial charge on any atom is -0.347 e. The second-order valence-corrected chi connectivity index (χ2v) is 4.67. The monoisotopic (exact) mass is 303 g/mol. The first kappa shape index (κ1) is 15.0. The van der Waals surface area contributed by atoms with Gasteiger partial charge in [-0.15, -0.1) is 0 Å². The molecule has 0 aliphatic heterocycles. The van der Waals surface area contributed by atoms with Gasteiger partial charge in [-0.05, 0) is 24.3 Å². The molecule has 0 saturated carbocycles. The Morgan fingerprint density at radius 3 is 2.52 bits per heavy atom. The summed E-state index contributed by atoms with van der Waals surface area (Å²) in [7, 11) is 0. The molecule has 0 radical (unpaired) electrons. The fourth-order valence-electron chi connectivity index (χ4n) is 1.67. The lowest BCUT2D eigenvalue weighted by Crippen LogP contribution is -2.36. The summed E-state index contributed by atoms with van der Waals surface area (Å²) in [4.78, 5) is 27.5. The molecule has 2 aromatic rings. The smallest absolute Gasteiger partial charge is 0.313 e. The average Bonchev–Trinajstić information content (AvgIpc) is 2.50. The first-order valence-corrected chi connectivity index (χ1v) is 6.78. The number of anilines is 1. The van der Waals surface area contributed by atoms with Crippen LogP contribution in [0.25, 0.3) is 0 Å². The minimum atomic E-state index is -0.746. The standard InChI is InChI=1S/C15H14ClN3O2/c16-12-6-1-2-7-13(12)19-15(21)14(20)18-10-8-11-5-3-4-9-17-11/h1-7,9H,8,10H2,(H,18,20)(H,19,21). The van der Waals surface area contributed by atoms with Gasteiger partial charge in [-0.3, -0.25) is 14.6 Å². The molecular formula is C15H14ClN3O2. The zero-order valence-electron chi connectivity index (χ0n) is 11.2. The van der Waals surface area contributed by atoms with Crippen molar-refractivity contribution in [1.29, 1.82) is 0 Å². The Kier molecular flexibility index (Phi) is 5.29. The van der Waals surface area contributed by atoms with Gasteiger partial charge in [0.2, 0.25) is 0 Å². The summed E-state index contributed by atoms with van der Waals surface area (Å²) in [5, 5.41) is 5.38. The Morgan fingerprint density at radius 1 is 1.05 bits per heavy atom. The normalized spacial score (nSPS) is 9.95. The summed E-state index contributed by atoms with van der Waals surface area (Å²) >= 11 is 5.90. The van der Waals surface area contributed by atoms with Crippen molar-refractivity contribution in [2.45, 2.75) is 6.42 Å². The number of nitrogens with zero attached hydrogens (tertiary/aromatic N) is 1. The highest BCUT2D eigenvalue weighted by atomic mass is 35.5. The van der Waals surface area contributed by atoms with Crippen LogP contribution in [0.2, 0.25) is 5.02 Å². The number of nitrogens with one attached hydrogen (secondary N) is 2. The lowest BCUT2D eigenvalue weighted by Gasteiger charge is -2.07. The summed E-state index contributed by atoms with van der Waals surface area (Å²) < 4.78 is 0. The quantitative estimate of drug-likeness (QED) is 0.849. The highest BCUT2D eigenvalue weighted by Crippen LogP contribution is 2.20. The van der Waals surface area contributed by atoms with Crippen LogP contribution in [0.5, 0.6) is 0 Å². The third kappa shape index (κ3) is 4.57. The molecule has 0 aliphatic carbocycles. The summed E-state index contributed by atoms with van der Waals surface area (Å²) in [6.45, 7) is 0.339. The molecule has 108 valence electrons. The van der Waals surface area contributed by atoms with Crippen LogP contribution < -0.4 is 10.6 Å². The van der Waals surface area contributed by atoms with Crippen LogP contribution in [0.15, 0.2) is 48.7 Å². The maximum atomic E-state index is 11.7. The van der Waals surface area contributed by atoms with E-state index in [2.05, 4.69) is 15.6 Å². The third-order valence-electron chi connectivity index (χ3n) is 2.72. The predicted molar refractivity (Wildman–Crippen MR) is 81.0 cm³/mol. The first-order valence-electron chi connectivity index (χ1n) is 6.40. The third-order valence-corrected chi connectivity index (χ3v) is 3.05. The summed E-state index contributed by atoms with van der Waals surface area (Å²) in [6.07, 6.45) is 2.24. The fourth-order valence-corrected chi connectivity index (χ4v) is 1.86. The number of carbonyl (C=O) groups is 2. The molecule has 0 saturated heterocycles. The number of amides is 2. The van der Waals surface area contributed by atoms with Crippen molar-refractivity contribution in [3.63, 3.8) is 0 Å². The number of pyridine rings is 1. The van der Waals surface area contributed by atoms with Crippen molar-refractivity contribution in [2.75, 3.05) is 11.9 Å². The van der Waals surface area contributed by atoms with Crippen LogP contribution in [0.4, 0.5) is 5.69 Å². The number of halogens is 1. The van der Waals surface area contributed by atoms with Gasteiger partial charge in [0.15, 0.2) is 0 Å². The minimum absolute atomic E-state index is 0.339. The number of benzene rings is 1. The number of para-hydroxylation sites is 1. The van der Waals surface area contributed by atoms with Gasteiger partial charge in [0.25, 0.3) is 0 Å². The van der Waals surface area contributed by atoms with E-state index in [1.165, 1.54) is 0 Å². The molecule has 2 rings (SSSR count). The van der Waals surface area contributed by atoms with E-state index in [1.54, 1.807) is 30.5 Å². The van der Waals surface area contributed by atoms with Crippen LogP contribution >= 0.6 is 11.6 Å². The topological polar surface area (TPSA) is 71.1 Å². The van der Waals surface area contributed by atoms with E-state index in [9.17, 15) is 9.59 Å². The Balaban J connectivity index is 1.81. The molecule has 2 N–H and O–H groups in total. The van der Waals surface area contributed by atoms with Crippen molar-refractivity contribution in [3.8, 4) is 0 Å². The van der Waals surface area contributed by atoms with Crippen molar-refractivity contribution < 1.29 is 9.59 Å². The van der Waals surface area contributed by atoms with E-state index in [4.69, 9.17) is 11.6 Å². The van der Waals surface area contributed by atoms with E-state index >= 15 is 0 Å². The van der Waals surface area contributed by atoms with Gasteiger partial charge in [-0.2, -0.15) is 0 Å². The van der Waals surface area contributed by atoms with Crippen molar-refractivity contribution in [1.82, 2.24) is 10.3 Å². The number of rotatable bonds is 4. The maximum Gasteiger partial charge on any atom is 0.313 e. The molecule has 1 aromatic carbocycles. The zero-order chi connectivity index (χ0) is 15.1. The molecule has 1 heterocycles. The van der Waals surface area contributed by atoms with Crippen LogP contribution in [0.1, 0.15) is 5.69 Å². The zero-order valence-corrected chi connectivity index (χ0v) is 11.9. The first-order chi connectivity index (χ1) is 10.2. The van der Waals surface area contributed by atoms with Crippen molar-refractivity contribution in [3.05, 3.63) is 59.4 Å². The Bertz CT molecular complexity index is 632. The second kappa shape index (κ2) is 7.40. The molecule has 0 atom stereocenters. The Hall–Kier alpha value is -2.40. The van der Waals surface area contributed by atoms with Gasteiger partial charge in [-0.25, -0.2) is 0 Å². The molecule has 5 nitrogen and oxygen atoms in total. The SMILES string of the molecule is O=C(NCCc1ccccn1)C(=O)Nc1ccccc1Cl. The summed E-state index contributed by atoms with van der Waals surface area (Å²) in [5.41, 5.74) is 1.26. The predicted octanol–water partition coefficient (Wildman–Crippen LogP) is 2.03. The molecule has 6 heteroatoms. The lowest BCUT2D eigenvalue weighted by atomic mass is 10.2. The van der Waals surface area contributed by atoms with Crippen LogP contribution in [0, 0.1) is 0 Å². The molecular weight excluding hydrogens is 290 g/mol. The van der Waals surface area contributed by atoms with Crippen LogP contribution in [0.3, 0.4) is 0 Å². The van der Waals surface area contributed by atoms with Crippen molar-refractivity contribution in [2.24, 2.45) is 0 Å². The summed E-state index contributed by atoms with van der Waals surface area (Å²) in [6, 6.07) is 12.3. The molecule has 0 bridgehead atoms. The summed E-state index contributed by atoms with van der Waals surface area (Å²) in [5.74, 6) is -1.45. The van der Waals surface area contributed by atoms with E-state index in [1.807, 2.05) is 18.2 Å². The molecule has 21 heavy (non-hydrogen) atoms. The number of carbonyl (C=O) groups excluding carboxylic acids is 2. The second-order valence-electron chi connectivity index (χ2n) is 4.26. The molecule has 0 aliphatic rings. The van der Waals surface area contributed by atoms with Crippen LogP contribution in [-0.2, 0) is 16.0 Å². The van der Waals surface area contributed by atoms with Gasteiger partial charge < -0.3 is 10.6 Å². The van der Waals surface area contributed by atoms with Crippen LogP contribution in [-0.4, -0.2) is 23.3 Å². The van der Waals surface area contributed by atoms with Gasteiger partial charge in [0, 0.05) is 24.9 Å². The van der Waals surface area contributed by atoms with Gasteiger partial charge in [0.1, 0.15) is 0 Å². The number of hydrogen-bond acceptors (Lipinski definition) is 3. The Morgan fingerprint density at radius 2 is 1.81 bits per heavy atom. The average molecular weight is 304 g/mol. The van der Waals surface area contributed by atoms with E-state index in [0.717, 1.165) is 5.69 Å². The van der Waals surface area contributed by atoms with E-state index in [0.29, 0.717) is 23.7 Å². The number of hydrogen-bond donors (Lipinski definition) is 2. The van der Waals surface area contributed by atoms with Gasteiger partial charge in [0.05, 0.1) is 10.7 Å². The van der Waals surface area contributed by atoms with Crippen molar-refractivity contribution >= 4 is 29.1 Å². The molecule has 0 unspecified atom stereocenters. The largest absolute Gasteiger partial charge is 0.347 e. The molecule has 0 spiro atoms. The van der Waals surface area contributed by atoms with Gasteiger partial charge >= 0.3 is 11.8 Å². The molecule has 2 amide bonds. The Labute approximate surface area is 127 Å². The highest BCUT2D eigenvalue weighted by molar-refractivity contribution is 6.41. The maximum absolute atomic E-state index is 11.7. The fraction of sp³-hybridized carbons (Fsp3) is 0.133. The molecule has 0 fully saturated rings. The molecule has 1 aromatic heterocycles.